The van der Waals surface area contributed by atoms with Crippen LogP contribution in [-0.2, 0) is 11.2 Å². The van der Waals surface area contributed by atoms with E-state index in [0.717, 1.165) is 16.5 Å². The fourth-order valence-corrected chi connectivity index (χ4v) is 4.21. The number of fused-ring (bicyclic) bond motifs is 1. The van der Waals surface area contributed by atoms with Crippen LogP contribution < -0.4 is 10.2 Å². The van der Waals surface area contributed by atoms with E-state index >= 15 is 0 Å². The molecule has 0 unspecified atom stereocenters. The van der Waals surface area contributed by atoms with Gasteiger partial charge in [-0.05, 0) is 48.0 Å². The van der Waals surface area contributed by atoms with Crippen LogP contribution in [0, 0.1) is 0 Å². The number of carbonyl (C=O) groups excluding carboxylic acids is 2. The van der Waals surface area contributed by atoms with Crippen molar-refractivity contribution in [2.75, 3.05) is 36.4 Å². The lowest BCUT2D eigenvalue weighted by molar-refractivity contribution is -0.130. The van der Waals surface area contributed by atoms with Gasteiger partial charge in [-0.15, -0.1) is 0 Å². The van der Waals surface area contributed by atoms with Gasteiger partial charge in [0.2, 0.25) is 11.9 Å². The molecule has 0 aliphatic carbocycles. The molecule has 0 radical (unpaired) electrons. The zero-order valence-corrected chi connectivity index (χ0v) is 19.1. The largest absolute Gasteiger partial charge is 0.351 e. The van der Waals surface area contributed by atoms with Gasteiger partial charge in [-0.3, -0.25) is 9.59 Å². The summed E-state index contributed by atoms with van der Waals surface area (Å²) in [6.07, 6.45) is 3.77. The van der Waals surface area contributed by atoms with Crippen molar-refractivity contribution in [1.82, 2.24) is 19.9 Å². The number of nitrogens with one attached hydrogen (secondary N) is 2. The number of H-pyrrole nitrogens is 1. The molecule has 9 heteroatoms. The lowest BCUT2D eigenvalue weighted by Gasteiger charge is -2.34. The Balaban J connectivity index is 1.15. The van der Waals surface area contributed by atoms with Crippen molar-refractivity contribution < 1.29 is 9.59 Å². The van der Waals surface area contributed by atoms with Crippen molar-refractivity contribution in [3.8, 4) is 0 Å². The van der Waals surface area contributed by atoms with Crippen molar-refractivity contribution in [3.05, 3.63) is 83.3 Å². The Morgan fingerprint density at radius 2 is 1.71 bits per heavy atom. The first-order valence-corrected chi connectivity index (χ1v) is 11.4. The highest BCUT2D eigenvalue weighted by molar-refractivity contribution is 6.31. The Morgan fingerprint density at radius 3 is 2.44 bits per heavy atom. The normalized spacial score (nSPS) is 13.8. The third-order valence-electron chi connectivity index (χ3n) is 5.86. The minimum atomic E-state index is -0.239. The van der Waals surface area contributed by atoms with E-state index in [9.17, 15) is 9.59 Å². The number of halogens is 1. The molecule has 34 heavy (non-hydrogen) atoms. The van der Waals surface area contributed by atoms with E-state index in [-0.39, 0.29) is 11.8 Å². The third-order valence-corrected chi connectivity index (χ3v) is 6.10. The molecule has 0 bridgehead atoms. The van der Waals surface area contributed by atoms with E-state index < -0.39 is 0 Å². The first-order chi connectivity index (χ1) is 16.5. The fourth-order valence-electron chi connectivity index (χ4n) is 4.03. The van der Waals surface area contributed by atoms with Crippen LogP contribution >= 0.6 is 11.6 Å². The maximum Gasteiger partial charge on any atom is 0.272 e. The topological polar surface area (TPSA) is 94.2 Å². The number of nitrogens with zero attached hydrogens (tertiary/aromatic N) is 4. The summed E-state index contributed by atoms with van der Waals surface area (Å²) >= 11 is 6.02. The number of hydrogen-bond acceptors (Lipinski definition) is 5. The molecule has 1 aliphatic heterocycles. The van der Waals surface area contributed by atoms with E-state index in [4.69, 9.17) is 11.6 Å². The summed E-state index contributed by atoms with van der Waals surface area (Å²) in [7, 11) is 0. The zero-order chi connectivity index (χ0) is 23.5. The Labute approximate surface area is 201 Å². The molecule has 2 N–H and O–H groups in total. The monoisotopic (exact) mass is 474 g/mol. The average Bonchev–Trinajstić information content (AvgIpc) is 3.29. The molecule has 172 valence electrons. The quantitative estimate of drug-likeness (QED) is 0.459. The van der Waals surface area contributed by atoms with Gasteiger partial charge >= 0.3 is 0 Å². The van der Waals surface area contributed by atoms with E-state index in [1.807, 2.05) is 41.3 Å². The number of amides is 2. The van der Waals surface area contributed by atoms with Gasteiger partial charge in [0.1, 0.15) is 5.69 Å². The Kier molecular flexibility index (Phi) is 6.14. The first kappa shape index (κ1) is 21.9. The number of carbonyl (C=O) groups is 2. The van der Waals surface area contributed by atoms with Crippen molar-refractivity contribution in [2.24, 2.45) is 0 Å². The number of anilines is 2. The number of rotatable bonds is 5. The van der Waals surface area contributed by atoms with Gasteiger partial charge in [-0.2, -0.15) is 0 Å². The summed E-state index contributed by atoms with van der Waals surface area (Å²) in [5.74, 6) is 0.544. The van der Waals surface area contributed by atoms with Gasteiger partial charge in [0.15, 0.2) is 0 Å². The third kappa shape index (κ3) is 4.87. The number of aromatic nitrogens is 3. The average molecular weight is 475 g/mol. The molecule has 0 saturated carbocycles. The molecule has 0 atom stereocenters. The summed E-state index contributed by atoms with van der Waals surface area (Å²) in [5, 5.41) is 4.38. The van der Waals surface area contributed by atoms with Crippen molar-refractivity contribution in [3.63, 3.8) is 0 Å². The Bertz CT molecular complexity index is 1310. The maximum atomic E-state index is 12.8. The number of piperazine rings is 1. The van der Waals surface area contributed by atoms with Crippen LogP contribution in [0.25, 0.3) is 10.9 Å². The van der Waals surface area contributed by atoms with Gasteiger partial charge in [-0.25, -0.2) is 9.97 Å². The van der Waals surface area contributed by atoms with Gasteiger partial charge < -0.3 is 20.1 Å². The molecule has 1 fully saturated rings. The summed E-state index contributed by atoms with van der Waals surface area (Å²) < 4.78 is 0. The van der Waals surface area contributed by atoms with E-state index in [1.165, 1.54) is 0 Å². The highest BCUT2D eigenvalue weighted by atomic mass is 35.5. The predicted octanol–water partition coefficient (Wildman–Crippen LogP) is 3.75. The van der Waals surface area contributed by atoms with Crippen LogP contribution in [0.15, 0.2) is 67.0 Å². The van der Waals surface area contributed by atoms with Crippen LogP contribution in [0.5, 0.6) is 0 Å². The number of aromatic amines is 1. The highest BCUT2D eigenvalue weighted by Gasteiger charge is 2.22. The molecule has 1 aliphatic rings. The van der Waals surface area contributed by atoms with E-state index in [0.29, 0.717) is 55.0 Å². The number of benzene rings is 2. The molecule has 1 saturated heterocycles. The van der Waals surface area contributed by atoms with E-state index in [2.05, 4.69) is 25.2 Å². The second-order valence-corrected chi connectivity index (χ2v) is 8.60. The first-order valence-electron chi connectivity index (χ1n) is 11.0. The molecular formula is C25H23ClN6O2. The summed E-state index contributed by atoms with van der Waals surface area (Å²) in [5.41, 5.74) is 2.86. The van der Waals surface area contributed by atoms with Gasteiger partial charge in [0.05, 0.1) is 6.42 Å². The molecule has 5 rings (SSSR count). The lowest BCUT2D eigenvalue weighted by atomic mass is 10.1. The zero-order valence-electron chi connectivity index (χ0n) is 18.4. The van der Waals surface area contributed by atoms with Crippen molar-refractivity contribution >= 4 is 46.0 Å². The summed E-state index contributed by atoms with van der Waals surface area (Å²) in [6, 6.07) is 16.3. The van der Waals surface area contributed by atoms with Crippen LogP contribution in [0.4, 0.5) is 11.6 Å². The maximum absolute atomic E-state index is 12.8. The Morgan fingerprint density at radius 1 is 0.971 bits per heavy atom. The second kappa shape index (κ2) is 9.52. The molecule has 3 heterocycles. The fraction of sp³-hybridized carbons (Fsp3) is 0.200. The molecule has 8 nitrogen and oxygen atoms in total. The van der Waals surface area contributed by atoms with Gasteiger partial charge in [-0.1, -0.05) is 23.7 Å². The predicted molar refractivity (Wildman–Crippen MR) is 132 cm³/mol. The molecule has 2 amide bonds. The van der Waals surface area contributed by atoms with Gasteiger partial charge in [0.25, 0.3) is 5.91 Å². The second-order valence-electron chi connectivity index (χ2n) is 8.16. The molecule has 0 spiro atoms. The standard InChI is InChI=1S/C25H23ClN6O2/c26-19-4-7-21-18(15-19)16-22(30-21)24(34)29-20-5-2-17(3-6-20)14-23(33)31-10-12-32(13-11-31)25-27-8-1-9-28-25/h1-9,15-16,30H,10-14H2,(H,29,34). The van der Waals surface area contributed by atoms with Gasteiger partial charge in [0, 0.05) is 60.2 Å². The van der Waals surface area contributed by atoms with Crippen LogP contribution in [0.2, 0.25) is 5.02 Å². The van der Waals surface area contributed by atoms with Crippen molar-refractivity contribution in [2.45, 2.75) is 6.42 Å². The molecule has 2 aromatic carbocycles. The van der Waals surface area contributed by atoms with Crippen LogP contribution in [-0.4, -0.2) is 57.8 Å². The van der Waals surface area contributed by atoms with E-state index in [1.54, 1.807) is 30.6 Å². The molecule has 2 aromatic heterocycles. The minimum Gasteiger partial charge on any atom is -0.351 e. The van der Waals surface area contributed by atoms with Crippen LogP contribution in [0.1, 0.15) is 16.1 Å². The summed E-state index contributed by atoms with van der Waals surface area (Å²) in [6.45, 7) is 2.70. The molecule has 4 aromatic rings. The smallest absolute Gasteiger partial charge is 0.272 e. The number of hydrogen-bond donors (Lipinski definition) is 2. The minimum absolute atomic E-state index is 0.0853. The lowest BCUT2D eigenvalue weighted by Crippen LogP contribution is -2.49. The highest BCUT2D eigenvalue weighted by Crippen LogP contribution is 2.21. The van der Waals surface area contributed by atoms with Crippen LogP contribution in [0.3, 0.4) is 0 Å². The Hall–Kier alpha value is -3.91. The SMILES string of the molecule is O=C(Nc1ccc(CC(=O)N2CCN(c3ncccn3)CC2)cc1)c1cc2cc(Cl)ccc2[nH]1. The summed E-state index contributed by atoms with van der Waals surface area (Å²) in [4.78, 5) is 41.0. The van der Waals surface area contributed by atoms with Crippen molar-refractivity contribution in [1.29, 1.82) is 0 Å². The molecular weight excluding hydrogens is 452 g/mol.